The van der Waals surface area contributed by atoms with Crippen LogP contribution in [-0.2, 0) is 24.8 Å². The number of aromatic nitrogens is 4. The van der Waals surface area contributed by atoms with Gasteiger partial charge in [-0.15, -0.1) is 0 Å². The number of benzene rings is 2. The Balaban J connectivity index is 1.38. The molecule has 0 aliphatic carbocycles. The van der Waals surface area contributed by atoms with Crippen molar-refractivity contribution < 1.29 is 14.1 Å². The molecule has 4 aromatic rings. The second-order valence-electron chi connectivity index (χ2n) is 7.77. The van der Waals surface area contributed by atoms with Gasteiger partial charge in [0.2, 0.25) is 5.82 Å². The number of para-hydroxylation sites is 1. The van der Waals surface area contributed by atoms with Crippen molar-refractivity contribution in [1.82, 2.24) is 24.8 Å². The van der Waals surface area contributed by atoms with E-state index in [-0.39, 0.29) is 5.91 Å². The Morgan fingerprint density at radius 2 is 1.81 bits per heavy atom. The van der Waals surface area contributed by atoms with Crippen LogP contribution >= 0.6 is 0 Å². The summed E-state index contributed by atoms with van der Waals surface area (Å²) in [6.45, 7) is 2.80. The molecule has 1 amide bonds. The molecule has 0 bridgehead atoms. The van der Waals surface area contributed by atoms with Crippen molar-refractivity contribution in [2.45, 2.75) is 26.0 Å². The monoisotopic (exact) mass is 429 g/mol. The highest BCUT2D eigenvalue weighted by Crippen LogP contribution is 2.30. The molecule has 1 atom stereocenters. The van der Waals surface area contributed by atoms with Crippen LogP contribution in [0.5, 0.6) is 5.75 Å². The Hall–Kier alpha value is -3.94. The molecule has 5 rings (SSSR count). The van der Waals surface area contributed by atoms with Gasteiger partial charge < -0.3 is 14.2 Å². The molecule has 0 saturated heterocycles. The normalized spacial score (nSPS) is 14.1. The minimum absolute atomic E-state index is 0.0650. The third kappa shape index (κ3) is 3.75. The van der Waals surface area contributed by atoms with Crippen molar-refractivity contribution in [2.24, 2.45) is 7.05 Å². The van der Waals surface area contributed by atoms with E-state index in [9.17, 15) is 4.79 Å². The van der Waals surface area contributed by atoms with Gasteiger partial charge in [0.1, 0.15) is 5.75 Å². The van der Waals surface area contributed by atoms with Gasteiger partial charge in [0.25, 0.3) is 11.8 Å². The van der Waals surface area contributed by atoms with Gasteiger partial charge in [-0.05, 0) is 19.1 Å². The number of carbonyl (C=O) groups is 1. The van der Waals surface area contributed by atoms with E-state index in [1.807, 2.05) is 72.4 Å². The fourth-order valence-corrected chi connectivity index (χ4v) is 3.99. The van der Waals surface area contributed by atoms with Crippen molar-refractivity contribution in [1.29, 1.82) is 0 Å². The van der Waals surface area contributed by atoms with Crippen LogP contribution in [0.4, 0.5) is 0 Å². The zero-order valence-electron chi connectivity index (χ0n) is 17.9. The summed E-state index contributed by atoms with van der Waals surface area (Å²) in [5.74, 6) is 1.47. The van der Waals surface area contributed by atoms with E-state index in [1.165, 1.54) is 0 Å². The highest BCUT2D eigenvalue weighted by Gasteiger charge is 2.31. The van der Waals surface area contributed by atoms with Gasteiger partial charge in [0, 0.05) is 43.4 Å². The lowest BCUT2D eigenvalue weighted by Gasteiger charge is -2.29. The number of ether oxygens (including phenoxy) is 1. The number of amides is 1. The number of fused-ring (bicyclic) bond motifs is 1. The first-order valence-corrected chi connectivity index (χ1v) is 10.5. The van der Waals surface area contributed by atoms with Crippen LogP contribution in [-0.4, -0.2) is 43.4 Å². The fourth-order valence-electron chi connectivity index (χ4n) is 3.99. The maximum absolute atomic E-state index is 13.1. The lowest BCUT2D eigenvalue weighted by Crippen LogP contribution is -2.43. The molecule has 3 heterocycles. The molecule has 2 aromatic carbocycles. The summed E-state index contributed by atoms with van der Waals surface area (Å²) in [6.07, 6.45) is 0.106. The van der Waals surface area contributed by atoms with Crippen LogP contribution < -0.4 is 4.74 Å². The second kappa shape index (κ2) is 8.30. The second-order valence-corrected chi connectivity index (χ2v) is 7.77. The number of nitrogens with zero attached hydrogens (tertiary/aromatic N) is 5. The standard InChI is InChI=1S/C24H23N5O3/c1-16(31-18-11-7-4-8-12-18)24(30)29-14-13-20-19(15-29)21(26-28(20)2)23-25-22(27-32-23)17-9-5-3-6-10-17/h3-12,16H,13-15H2,1-2H3/t16-/m0/s1. The molecule has 0 unspecified atom stereocenters. The summed E-state index contributed by atoms with van der Waals surface area (Å²) in [7, 11) is 1.90. The Morgan fingerprint density at radius 3 is 2.56 bits per heavy atom. The van der Waals surface area contributed by atoms with Gasteiger partial charge in [0.05, 0.1) is 0 Å². The van der Waals surface area contributed by atoms with E-state index >= 15 is 0 Å². The first-order valence-electron chi connectivity index (χ1n) is 10.5. The van der Waals surface area contributed by atoms with Gasteiger partial charge in [-0.1, -0.05) is 53.7 Å². The maximum atomic E-state index is 13.1. The lowest BCUT2D eigenvalue weighted by atomic mass is 10.0. The first kappa shape index (κ1) is 20.0. The van der Waals surface area contributed by atoms with E-state index in [0.717, 1.165) is 16.8 Å². The topological polar surface area (TPSA) is 86.3 Å². The number of aryl methyl sites for hydroxylation is 1. The first-order chi connectivity index (χ1) is 15.6. The molecule has 1 aliphatic rings. The zero-order chi connectivity index (χ0) is 22.1. The highest BCUT2D eigenvalue weighted by molar-refractivity contribution is 5.81. The summed E-state index contributed by atoms with van der Waals surface area (Å²) >= 11 is 0. The van der Waals surface area contributed by atoms with Crippen LogP contribution in [0, 0.1) is 0 Å². The lowest BCUT2D eigenvalue weighted by molar-refractivity contribution is -0.138. The Bertz CT molecular complexity index is 1230. The zero-order valence-corrected chi connectivity index (χ0v) is 17.9. The molecule has 0 radical (unpaired) electrons. The molecule has 0 saturated carbocycles. The van der Waals surface area contributed by atoms with Crippen molar-refractivity contribution in [3.8, 4) is 28.7 Å². The molecular weight excluding hydrogens is 406 g/mol. The average molecular weight is 429 g/mol. The van der Waals surface area contributed by atoms with Crippen molar-refractivity contribution >= 4 is 5.91 Å². The predicted octanol–water partition coefficient (Wildman–Crippen LogP) is 3.49. The van der Waals surface area contributed by atoms with Gasteiger partial charge >= 0.3 is 0 Å². The van der Waals surface area contributed by atoms with Crippen molar-refractivity contribution in [2.75, 3.05) is 6.54 Å². The number of carbonyl (C=O) groups excluding carboxylic acids is 1. The number of hydrogen-bond acceptors (Lipinski definition) is 6. The molecule has 32 heavy (non-hydrogen) atoms. The average Bonchev–Trinajstić information content (AvgIpc) is 3.44. The Morgan fingerprint density at radius 1 is 1.09 bits per heavy atom. The van der Waals surface area contributed by atoms with Gasteiger partial charge in [0.15, 0.2) is 11.8 Å². The summed E-state index contributed by atoms with van der Waals surface area (Å²) in [5, 5.41) is 8.74. The Labute approximate surface area is 185 Å². The predicted molar refractivity (Wildman–Crippen MR) is 118 cm³/mol. The fraction of sp³-hybridized carbons (Fsp3) is 0.250. The van der Waals surface area contributed by atoms with Crippen LogP contribution in [0.1, 0.15) is 18.2 Å². The minimum Gasteiger partial charge on any atom is -0.481 e. The van der Waals surface area contributed by atoms with Gasteiger partial charge in [-0.25, -0.2) is 0 Å². The summed E-state index contributed by atoms with van der Waals surface area (Å²) in [5.41, 5.74) is 3.49. The van der Waals surface area contributed by atoms with Gasteiger partial charge in [-0.3, -0.25) is 9.48 Å². The van der Waals surface area contributed by atoms with E-state index < -0.39 is 6.10 Å². The molecule has 162 valence electrons. The molecule has 2 aromatic heterocycles. The van der Waals surface area contributed by atoms with Crippen molar-refractivity contribution in [3.63, 3.8) is 0 Å². The molecule has 0 spiro atoms. The smallest absolute Gasteiger partial charge is 0.279 e. The molecule has 8 heteroatoms. The number of rotatable bonds is 5. The SMILES string of the molecule is C[C@H](Oc1ccccc1)C(=O)N1CCc2c(c(-c3nc(-c4ccccc4)no3)nn2C)C1. The molecule has 8 nitrogen and oxygen atoms in total. The summed E-state index contributed by atoms with van der Waals surface area (Å²) < 4.78 is 13.2. The van der Waals surface area contributed by atoms with E-state index in [0.29, 0.717) is 42.7 Å². The third-order valence-corrected chi connectivity index (χ3v) is 5.62. The number of hydrogen-bond donors (Lipinski definition) is 0. The molecule has 0 fully saturated rings. The van der Waals surface area contributed by atoms with Crippen molar-refractivity contribution in [3.05, 3.63) is 71.9 Å². The quantitative estimate of drug-likeness (QED) is 0.483. The van der Waals surface area contributed by atoms with Crippen LogP contribution in [0.2, 0.25) is 0 Å². The van der Waals surface area contributed by atoms with Gasteiger partial charge in [-0.2, -0.15) is 10.1 Å². The van der Waals surface area contributed by atoms with E-state index in [2.05, 4.69) is 15.2 Å². The minimum atomic E-state index is -0.591. The Kier molecular flexibility index (Phi) is 5.18. The highest BCUT2D eigenvalue weighted by atomic mass is 16.5. The summed E-state index contributed by atoms with van der Waals surface area (Å²) in [6, 6.07) is 19.0. The van der Waals surface area contributed by atoms with Crippen LogP contribution in [0.25, 0.3) is 23.0 Å². The largest absolute Gasteiger partial charge is 0.481 e. The molecule has 1 aliphatic heterocycles. The third-order valence-electron chi connectivity index (χ3n) is 5.62. The molecule has 0 N–H and O–H groups in total. The van der Waals surface area contributed by atoms with Crippen LogP contribution in [0.3, 0.4) is 0 Å². The maximum Gasteiger partial charge on any atom is 0.279 e. The van der Waals surface area contributed by atoms with E-state index in [1.54, 1.807) is 11.8 Å². The molecular formula is C24H23N5O3. The summed E-state index contributed by atoms with van der Waals surface area (Å²) in [4.78, 5) is 19.4. The van der Waals surface area contributed by atoms with E-state index in [4.69, 9.17) is 9.26 Å². The van der Waals surface area contributed by atoms with Crippen LogP contribution in [0.15, 0.2) is 65.2 Å².